The van der Waals surface area contributed by atoms with E-state index in [-0.39, 0.29) is 0 Å². The number of nitrogens with one attached hydrogen (secondary N) is 1. The first-order valence-electron chi connectivity index (χ1n) is 6.17. The Hall–Kier alpha value is -1.10. The zero-order chi connectivity index (χ0) is 12.4. The number of anilines is 1. The third-order valence-electron chi connectivity index (χ3n) is 3.50. The van der Waals surface area contributed by atoms with Crippen molar-refractivity contribution in [1.29, 1.82) is 0 Å². The van der Waals surface area contributed by atoms with Crippen molar-refractivity contribution in [2.45, 2.75) is 32.6 Å². The van der Waals surface area contributed by atoms with E-state index in [9.17, 15) is 0 Å². The molecule has 1 aromatic heterocycles. The normalized spacial score (nSPS) is 16.4. The van der Waals surface area contributed by atoms with Crippen LogP contribution in [0.4, 0.5) is 5.82 Å². The second kappa shape index (κ2) is 5.04. The van der Waals surface area contributed by atoms with Crippen LogP contribution >= 0.6 is 12.2 Å². The Morgan fingerprint density at radius 2 is 2.18 bits per heavy atom. The van der Waals surface area contributed by atoms with Crippen LogP contribution in [0.2, 0.25) is 0 Å². The molecule has 0 atom stereocenters. The second-order valence-corrected chi connectivity index (χ2v) is 5.27. The van der Waals surface area contributed by atoms with Gasteiger partial charge >= 0.3 is 0 Å². The minimum absolute atomic E-state index is 0.421. The molecule has 1 aliphatic rings. The molecule has 0 aromatic carbocycles. The van der Waals surface area contributed by atoms with Crippen LogP contribution in [0.1, 0.15) is 36.9 Å². The largest absolute Gasteiger partial charge is 0.389 e. The molecule has 1 saturated carbocycles. The first-order chi connectivity index (χ1) is 8.09. The van der Waals surface area contributed by atoms with Crippen molar-refractivity contribution in [1.82, 2.24) is 9.78 Å². The number of nitrogens with zero attached hydrogens (tertiary/aromatic N) is 2. The highest BCUT2D eigenvalue weighted by Crippen LogP contribution is 2.26. The van der Waals surface area contributed by atoms with E-state index in [4.69, 9.17) is 18.0 Å². The standard InChI is InChI=1S/C12H20N4S/c1-8-10(11(13)17)12(16(2)15-8)14-7-9-5-3-4-6-9/h9,14H,3-7H2,1-2H3,(H2,13,17). The number of thiocarbonyl (C=S) groups is 1. The van der Waals surface area contributed by atoms with Gasteiger partial charge in [0.25, 0.3) is 0 Å². The molecule has 0 saturated heterocycles. The van der Waals surface area contributed by atoms with Crippen LogP contribution < -0.4 is 11.1 Å². The summed E-state index contributed by atoms with van der Waals surface area (Å²) in [6.45, 7) is 2.93. The van der Waals surface area contributed by atoms with E-state index in [1.165, 1.54) is 25.7 Å². The van der Waals surface area contributed by atoms with Crippen molar-refractivity contribution < 1.29 is 0 Å². The molecule has 94 valence electrons. The Morgan fingerprint density at radius 3 is 2.76 bits per heavy atom. The number of rotatable bonds is 4. The summed E-state index contributed by atoms with van der Waals surface area (Å²) in [5.74, 6) is 1.74. The summed E-state index contributed by atoms with van der Waals surface area (Å²) >= 11 is 5.08. The molecule has 4 nitrogen and oxygen atoms in total. The fourth-order valence-corrected chi connectivity index (χ4v) is 2.86. The summed E-state index contributed by atoms with van der Waals surface area (Å²) in [4.78, 5) is 0.421. The molecule has 1 aromatic rings. The molecule has 1 fully saturated rings. The van der Waals surface area contributed by atoms with Gasteiger partial charge in [-0.1, -0.05) is 25.1 Å². The highest BCUT2D eigenvalue weighted by atomic mass is 32.1. The lowest BCUT2D eigenvalue weighted by Gasteiger charge is -2.13. The zero-order valence-corrected chi connectivity index (χ0v) is 11.3. The van der Waals surface area contributed by atoms with Gasteiger partial charge in [0.1, 0.15) is 10.8 Å². The van der Waals surface area contributed by atoms with Gasteiger partial charge in [-0.05, 0) is 25.7 Å². The molecule has 0 unspecified atom stereocenters. The summed E-state index contributed by atoms with van der Waals surface area (Å²) in [7, 11) is 1.92. The van der Waals surface area contributed by atoms with Crippen LogP contribution in [-0.4, -0.2) is 21.3 Å². The first-order valence-corrected chi connectivity index (χ1v) is 6.57. The minimum atomic E-state index is 0.421. The van der Waals surface area contributed by atoms with Crippen molar-refractivity contribution in [2.75, 3.05) is 11.9 Å². The Bertz CT molecular complexity index is 418. The maximum absolute atomic E-state index is 5.75. The Balaban J connectivity index is 2.11. The van der Waals surface area contributed by atoms with E-state index < -0.39 is 0 Å². The number of hydrogen-bond acceptors (Lipinski definition) is 3. The topological polar surface area (TPSA) is 55.9 Å². The van der Waals surface area contributed by atoms with E-state index in [0.717, 1.165) is 29.5 Å². The molecular formula is C12H20N4S. The Morgan fingerprint density at radius 1 is 1.53 bits per heavy atom. The first kappa shape index (κ1) is 12.4. The minimum Gasteiger partial charge on any atom is -0.389 e. The molecule has 0 radical (unpaired) electrons. The molecular weight excluding hydrogens is 232 g/mol. The monoisotopic (exact) mass is 252 g/mol. The van der Waals surface area contributed by atoms with E-state index in [2.05, 4.69) is 10.4 Å². The quantitative estimate of drug-likeness (QED) is 0.804. The fraction of sp³-hybridized carbons (Fsp3) is 0.667. The highest BCUT2D eigenvalue weighted by molar-refractivity contribution is 7.80. The third-order valence-corrected chi connectivity index (χ3v) is 3.71. The molecule has 0 spiro atoms. The predicted octanol–water partition coefficient (Wildman–Crippen LogP) is 1.96. The van der Waals surface area contributed by atoms with Gasteiger partial charge in [-0.3, -0.25) is 4.68 Å². The molecule has 1 heterocycles. The Labute approximate surface area is 108 Å². The van der Waals surface area contributed by atoms with Gasteiger partial charge < -0.3 is 11.1 Å². The van der Waals surface area contributed by atoms with Crippen molar-refractivity contribution in [3.63, 3.8) is 0 Å². The van der Waals surface area contributed by atoms with Crippen molar-refractivity contribution in [3.8, 4) is 0 Å². The summed E-state index contributed by atoms with van der Waals surface area (Å²) in [5.41, 5.74) is 7.54. The average molecular weight is 252 g/mol. The van der Waals surface area contributed by atoms with Crippen LogP contribution in [0.25, 0.3) is 0 Å². The van der Waals surface area contributed by atoms with Crippen LogP contribution in [0.3, 0.4) is 0 Å². The smallest absolute Gasteiger partial charge is 0.134 e. The molecule has 5 heteroatoms. The summed E-state index contributed by atoms with van der Waals surface area (Å²) in [6, 6.07) is 0. The van der Waals surface area contributed by atoms with Crippen LogP contribution in [0.5, 0.6) is 0 Å². The van der Waals surface area contributed by atoms with Gasteiger partial charge in [0, 0.05) is 13.6 Å². The molecule has 0 amide bonds. The molecule has 1 aliphatic carbocycles. The van der Waals surface area contributed by atoms with Crippen molar-refractivity contribution in [3.05, 3.63) is 11.3 Å². The van der Waals surface area contributed by atoms with Gasteiger partial charge in [0.05, 0.1) is 11.3 Å². The average Bonchev–Trinajstić information content (AvgIpc) is 2.83. The SMILES string of the molecule is Cc1nn(C)c(NCC2CCCC2)c1C(N)=S. The lowest BCUT2D eigenvalue weighted by Crippen LogP contribution is -2.18. The summed E-state index contributed by atoms with van der Waals surface area (Å²) in [6.07, 6.45) is 5.37. The van der Waals surface area contributed by atoms with Gasteiger partial charge in [-0.2, -0.15) is 5.10 Å². The van der Waals surface area contributed by atoms with E-state index in [1.807, 2.05) is 18.7 Å². The van der Waals surface area contributed by atoms with Crippen LogP contribution in [0, 0.1) is 12.8 Å². The van der Waals surface area contributed by atoms with Gasteiger partial charge in [0.2, 0.25) is 0 Å². The lowest BCUT2D eigenvalue weighted by atomic mass is 10.1. The summed E-state index contributed by atoms with van der Waals surface area (Å²) in [5, 5.41) is 7.82. The van der Waals surface area contributed by atoms with E-state index in [1.54, 1.807) is 0 Å². The third kappa shape index (κ3) is 2.60. The van der Waals surface area contributed by atoms with E-state index in [0.29, 0.717) is 4.99 Å². The van der Waals surface area contributed by atoms with Crippen molar-refractivity contribution >= 4 is 23.0 Å². The number of aryl methyl sites for hydroxylation is 2. The maximum Gasteiger partial charge on any atom is 0.134 e. The zero-order valence-electron chi connectivity index (χ0n) is 10.5. The van der Waals surface area contributed by atoms with Crippen LogP contribution in [0.15, 0.2) is 0 Å². The number of aromatic nitrogens is 2. The highest BCUT2D eigenvalue weighted by Gasteiger charge is 2.18. The fourth-order valence-electron chi connectivity index (χ4n) is 2.61. The van der Waals surface area contributed by atoms with Gasteiger partial charge in [-0.25, -0.2) is 0 Å². The second-order valence-electron chi connectivity index (χ2n) is 4.83. The summed E-state index contributed by atoms with van der Waals surface area (Å²) < 4.78 is 1.83. The van der Waals surface area contributed by atoms with Gasteiger partial charge in [0.15, 0.2) is 0 Å². The molecule has 2 rings (SSSR count). The number of hydrogen-bond donors (Lipinski definition) is 2. The van der Waals surface area contributed by atoms with Crippen LogP contribution in [-0.2, 0) is 7.05 Å². The maximum atomic E-state index is 5.75. The van der Waals surface area contributed by atoms with Gasteiger partial charge in [-0.15, -0.1) is 0 Å². The van der Waals surface area contributed by atoms with E-state index >= 15 is 0 Å². The predicted molar refractivity (Wildman–Crippen MR) is 74.3 cm³/mol. The van der Waals surface area contributed by atoms with Crippen molar-refractivity contribution in [2.24, 2.45) is 18.7 Å². The molecule has 0 bridgehead atoms. The molecule has 0 aliphatic heterocycles. The molecule has 3 N–H and O–H groups in total. The Kier molecular flexibility index (Phi) is 3.66. The number of nitrogens with two attached hydrogens (primary N) is 1. The molecule has 17 heavy (non-hydrogen) atoms. The lowest BCUT2D eigenvalue weighted by molar-refractivity contribution is 0.576.